The molecule has 142 valence electrons. The Labute approximate surface area is 167 Å². The van der Waals surface area contributed by atoms with Crippen molar-refractivity contribution >= 4 is 23.5 Å². The van der Waals surface area contributed by atoms with Gasteiger partial charge in [0.1, 0.15) is 6.04 Å². The van der Waals surface area contributed by atoms with Crippen LogP contribution in [0.2, 0.25) is 5.02 Å². The fraction of sp³-hybridized carbons (Fsp3) is 0.182. The van der Waals surface area contributed by atoms with Gasteiger partial charge >= 0.3 is 5.97 Å². The molecule has 2 atom stereocenters. The summed E-state index contributed by atoms with van der Waals surface area (Å²) in [6, 6.07) is 14.9. The maximum Gasteiger partial charge on any atom is 0.326 e. The molecule has 0 radical (unpaired) electrons. The molecule has 1 fully saturated rings. The van der Waals surface area contributed by atoms with Crippen molar-refractivity contribution in [2.45, 2.75) is 24.9 Å². The van der Waals surface area contributed by atoms with Crippen molar-refractivity contribution in [1.29, 1.82) is 0 Å². The van der Waals surface area contributed by atoms with E-state index in [1.165, 1.54) is 4.90 Å². The van der Waals surface area contributed by atoms with Gasteiger partial charge in [-0.3, -0.25) is 4.79 Å². The summed E-state index contributed by atoms with van der Waals surface area (Å²) in [4.78, 5) is 26.5. The lowest BCUT2D eigenvalue weighted by atomic mass is 10.0. The first-order valence-electron chi connectivity index (χ1n) is 8.99. The van der Waals surface area contributed by atoms with Gasteiger partial charge in [-0.2, -0.15) is 0 Å². The predicted octanol–water partition coefficient (Wildman–Crippen LogP) is 5.03. The largest absolute Gasteiger partial charge is 0.480 e. The fourth-order valence-corrected chi connectivity index (χ4v) is 4.03. The fourth-order valence-electron chi connectivity index (χ4n) is 3.77. The summed E-state index contributed by atoms with van der Waals surface area (Å²) in [7, 11) is 0. The zero-order valence-electron chi connectivity index (χ0n) is 14.9. The van der Waals surface area contributed by atoms with Crippen LogP contribution in [0.1, 0.15) is 34.8 Å². The molecule has 0 saturated carbocycles. The number of carboxylic acids is 1. The second-order valence-electron chi connectivity index (χ2n) is 6.77. The van der Waals surface area contributed by atoms with Gasteiger partial charge in [-0.25, -0.2) is 4.79 Å². The van der Waals surface area contributed by atoms with Gasteiger partial charge in [0.2, 0.25) is 0 Å². The summed E-state index contributed by atoms with van der Waals surface area (Å²) in [5, 5.41) is 10.2. The van der Waals surface area contributed by atoms with E-state index >= 15 is 0 Å². The SMILES string of the molecule is O=C(O)[C@@H]1CCC(c2ccccc2Cl)N1C(=O)c1ccc(-c2ccoc2)cc1. The monoisotopic (exact) mass is 395 g/mol. The minimum absolute atomic E-state index is 0.312. The van der Waals surface area contributed by atoms with Crippen molar-refractivity contribution in [3.05, 3.63) is 83.3 Å². The van der Waals surface area contributed by atoms with Crippen LogP contribution in [0, 0.1) is 0 Å². The van der Waals surface area contributed by atoms with Crippen LogP contribution in [0.15, 0.2) is 71.5 Å². The Morgan fingerprint density at radius 3 is 2.39 bits per heavy atom. The van der Waals surface area contributed by atoms with Gasteiger partial charge in [0.15, 0.2) is 0 Å². The molecule has 2 heterocycles. The average Bonchev–Trinajstić information content (AvgIpc) is 3.38. The van der Waals surface area contributed by atoms with E-state index in [9.17, 15) is 14.7 Å². The molecule has 1 N–H and O–H groups in total. The molecular weight excluding hydrogens is 378 g/mol. The Morgan fingerprint density at radius 1 is 1.00 bits per heavy atom. The molecule has 1 aromatic heterocycles. The molecule has 1 saturated heterocycles. The molecule has 3 aromatic rings. The summed E-state index contributed by atoms with van der Waals surface area (Å²) in [6.45, 7) is 0. The second-order valence-corrected chi connectivity index (χ2v) is 7.18. The van der Waals surface area contributed by atoms with E-state index in [2.05, 4.69) is 0 Å². The molecule has 1 unspecified atom stereocenters. The lowest BCUT2D eigenvalue weighted by Gasteiger charge is -2.29. The summed E-state index contributed by atoms with van der Waals surface area (Å²) in [6.07, 6.45) is 4.17. The highest BCUT2D eigenvalue weighted by molar-refractivity contribution is 6.31. The average molecular weight is 396 g/mol. The summed E-state index contributed by atoms with van der Waals surface area (Å²) >= 11 is 6.33. The number of halogens is 1. The van der Waals surface area contributed by atoms with E-state index in [4.69, 9.17) is 16.0 Å². The van der Waals surface area contributed by atoms with E-state index in [0.29, 0.717) is 23.4 Å². The highest BCUT2D eigenvalue weighted by Crippen LogP contribution is 2.40. The molecule has 1 aliphatic heterocycles. The number of benzene rings is 2. The van der Waals surface area contributed by atoms with Crippen molar-refractivity contribution in [1.82, 2.24) is 4.90 Å². The molecular formula is C22H18ClNO4. The number of hydrogen-bond acceptors (Lipinski definition) is 3. The molecule has 0 spiro atoms. The minimum Gasteiger partial charge on any atom is -0.480 e. The molecule has 4 rings (SSSR count). The minimum atomic E-state index is -1.00. The number of carbonyl (C=O) groups excluding carboxylic acids is 1. The summed E-state index contributed by atoms with van der Waals surface area (Å²) in [5.74, 6) is -1.31. The first-order valence-corrected chi connectivity index (χ1v) is 9.36. The van der Waals surface area contributed by atoms with Gasteiger partial charge in [-0.1, -0.05) is 41.9 Å². The third-order valence-electron chi connectivity index (χ3n) is 5.16. The Hall–Kier alpha value is -3.05. The van der Waals surface area contributed by atoms with Gasteiger partial charge in [-0.15, -0.1) is 0 Å². The normalized spacial score (nSPS) is 19.0. The summed E-state index contributed by atoms with van der Waals surface area (Å²) < 4.78 is 5.09. The molecule has 28 heavy (non-hydrogen) atoms. The molecule has 0 aliphatic carbocycles. The van der Waals surface area contributed by atoms with Gasteiger partial charge < -0.3 is 14.4 Å². The third kappa shape index (κ3) is 3.29. The lowest BCUT2D eigenvalue weighted by Crippen LogP contribution is -2.41. The van der Waals surface area contributed by atoms with Crippen LogP contribution in [0.5, 0.6) is 0 Å². The molecule has 1 aliphatic rings. The third-order valence-corrected chi connectivity index (χ3v) is 5.50. The second kappa shape index (κ2) is 7.52. The van der Waals surface area contributed by atoms with Crippen LogP contribution in [-0.4, -0.2) is 27.9 Å². The standard InChI is InChI=1S/C22H18ClNO4/c23-18-4-2-1-3-17(18)19-9-10-20(22(26)27)24(19)21(25)15-7-5-14(6-8-15)16-11-12-28-13-16/h1-8,11-13,19-20H,9-10H2,(H,26,27)/t19?,20-/m0/s1. The number of rotatable bonds is 4. The first-order chi connectivity index (χ1) is 13.6. The quantitative estimate of drug-likeness (QED) is 0.672. The van der Waals surface area contributed by atoms with Crippen LogP contribution in [-0.2, 0) is 4.79 Å². The smallest absolute Gasteiger partial charge is 0.326 e. The summed E-state index contributed by atoms with van der Waals surface area (Å²) in [5.41, 5.74) is 3.05. The van der Waals surface area contributed by atoms with Gasteiger partial charge in [-0.05, 0) is 48.2 Å². The zero-order valence-corrected chi connectivity index (χ0v) is 15.7. The first kappa shape index (κ1) is 18.3. The highest BCUT2D eigenvalue weighted by atomic mass is 35.5. The van der Waals surface area contributed by atoms with Crippen molar-refractivity contribution < 1.29 is 19.1 Å². The van der Waals surface area contributed by atoms with Crippen LogP contribution in [0.3, 0.4) is 0 Å². The zero-order chi connectivity index (χ0) is 19.7. The topological polar surface area (TPSA) is 70.8 Å². The molecule has 5 nitrogen and oxygen atoms in total. The van der Waals surface area contributed by atoms with Crippen LogP contribution < -0.4 is 0 Å². The maximum absolute atomic E-state index is 13.3. The maximum atomic E-state index is 13.3. The Bertz CT molecular complexity index is 998. The highest BCUT2D eigenvalue weighted by Gasteiger charge is 2.42. The number of likely N-dealkylation sites (tertiary alicyclic amines) is 1. The number of carbonyl (C=O) groups is 2. The van der Waals surface area contributed by atoms with E-state index < -0.39 is 12.0 Å². The van der Waals surface area contributed by atoms with Crippen molar-refractivity contribution in [2.24, 2.45) is 0 Å². The molecule has 6 heteroatoms. The van der Waals surface area contributed by atoms with E-state index in [0.717, 1.165) is 16.7 Å². The Morgan fingerprint density at radius 2 is 1.75 bits per heavy atom. The van der Waals surface area contributed by atoms with Crippen LogP contribution >= 0.6 is 11.6 Å². The van der Waals surface area contributed by atoms with Crippen molar-refractivity contribution in [3.63, 3.8) is 0 Å². The van der Waals surface area contributed by atoms with E-state index in [1.54, 1.807) is 30.7 Å². The Balaban J connectivity index is 1.67. The number of hydrogen-bond donors (Lipinski definition) is 1. The number of aliphatic carboxylic acids is 1. The predicted molar refractivity (Wildman–Crippen MR) is 105 cm³/mol. The van der Waals surface area contributed by atoms with E-state index in [1.807, 2.05) is 36.4 Å². The number of carboxylic acid groups (broad SMARTS) is 1. The van der Waals surface area contributed by atoms with Gasteiger partial charge in [0, 0.05) is 16.1 Å². The lowest BCUT2D eigenvalue weighted by molar-refractivity contribution is -0.141. The van der Waals surface area contributed by atoms with E-state index in [-0.39, 0.29) is 11.9 Å². The van der Waals surface area contributed by atoms with Crippen molar-refractivity contribution in [2.75, 3.05) is 0 Å². The Kier molecular flexibility index (Phi) is 4.92. The number of furan rings is 1. The van der Waals surface area contributed by atoms with Crippen molar-refractivity contribution in [3.8, 4) is 11.1 Å². The molecule has 1 amide bonds. The molecule has 2 aromatic carbocycles. The van der Waals surface area contributed by atoms with Crippen LogP contribution in [0.4, 0.5) is 0 Å². The number of nitrogens with zero attached hydrogens (tertiary/aromatic N) is 1. The number of amides is 1. The van der Waals surface area contributed by atoms with Gasteiger partial charge in [0.05, 0.1) is 18.6 Å². The molecule has 0 bridgehead atoms. The van der Waals surface area contributed by atoms with Gasteiger partial charge in [0.25, 0.3) is 5.91 Å². The van der Waals surface area contributed by atoms with Crippen LogP contribution in [0.25, 0.3) is 11.1 Å².